The summed E-state index contributed by atoms with van der Waals surface area (Å²) < 4.78 is 0.867. The molecule has 0 saturated carbocycles. The molecule has 0 atom stereocenters. The maximum absolute atomic E-state index is 12.2. The zero-order valence-electron chi connectivity index (χ0n) is 13.1. The van der Waals surface area contributed by atoms with Crippen molar-refractivity contribution in [2.24, 2.45) is 0 Å². The Morgan fingerprint density at radius 2 is 1.92 bits per heavy atom. The van der Waals surface area contributed by atoms with Gasteiger partial charge in [0.2, 0.25) is 11.8 Å². The second-order valence-corrected chi connectivity index (χ2v) is 7.22. The fourth-order valence-electron chi connectivity index (χ4n) is 2.26. The van der Waals surface area contributed by atoms with Crippen molar-refractivity contribution in [3.63, 3.8) is 0 Å². The number of benzene rings is 2. The average molecular weight is 394 g/mol. The van der Waals surface area contributed by atoms with Gasteiger partial charge in [0, 0.05) is 22.7 Å². The van der Waals surface area contributed by atoms with Gasteiger partial charge in [-0.15, -0.1) is 0 Å². The first-order chi connectivity index (χ1) is 11.9. The van der Waals surface area contributed by atoms with Gasteiger partial charge >= 0.3 is 0 Å². The number of nitrogens with zero attached hydrogens (tertiary/aromatic N) is 1. The van der Waals surface area contributed by atoms with E-state index in [1.165, 1.54) is 18.3 Å². The van der Waals surface area contributed by atoms with Crippen molar-refractivity contribution in [1.29, 1.82) is 0 Å². The molecule has 0 saturated heterocycles. The molecule has 8 heteroatoms. The Balaban J connectivity index is 1.73. The summed E-state index contributed by atoms with van der Waals surface area (Å²) in [4.78, 5) is 27.7. The highest BCUT2D eigenvalue weighted by atomic mass is 35.5. The number of anilines is 2. The van der Waals surface area contributed by atoms with E-state index in [2.05, 4.69) is 15.6 Å². The zero-order chi connectivity index (χ0) is 18.0. The molecule has 128 valence electrons. The Labute approximate surface area is 158 Å². The molecule has 0 unspecified atom stereocenters. The fraction of sp³-hybridized carbons (Fsp3) is 0.118. The third kappa shape index (κ3) is 4.48. The van der Waals surface area contributed by atoms with Gasteiger partial charge in [-0.1, -0.05) is 40.6 Å². The third-order valence-corrected chi connectivity index (χ3v) is 4.84. The molecule has 3 aromatic rings. The lowest BCUT2D eigenvalue weighted by Crippen LogP contribution is -2.14. The van der Waals surface area contributed by atoms with E-state index in [1.807, 2.05) is 6.07 Å². The molecule has 1 heterocycles. The minimum Gasteiger partial charge on any atom is -0.326 e. The number of aromatic nitrogens is 1. The first-order valence-electron chi connectivity index (χ1n) is 7.32. The van der Waals surface area contributed by atoms with Gasteiger partial charge in [-0.3, -0.25) is 9.59 Å². The van der Waals surface area contributed by atoms with Crippen molar-refractivity contribution in [3.8, 4) is 0 Å². The first kappa shape index (κ1) is 17.7. The summed E-state index contributed by atoms with van der Waals surface area (Å²) >= 11 is 13.3. The minimum atomic E-state index is -0.217. The van der Waals surface area contributed by atoms with E-state index in [1.54, 1.807) is 30.3 Å². The van der Waals surface area contributed by atoms with Gasteiger partial charge in [0.15, 0.2) is 5.13 Å². The summed E-state index contributed by atoms with van der Waals surface area (Å²) in [5, 5.41) is 6.95. The van der Waals surface area contributed by atoms with E-state index in [0.717, 1.165) is 10.2 Å². The van der Waals surface area contributed by atoms with Crippen molar-refractivity contribution in [2.75, 3.05) is 10.6 Å². The van der Waals surface area contributed by atoms with Crippen LogP contribution in [-0.2, 0) is 16.0 Å². The zero-order valence-corrected chi connectivity index (χ0v) is 15.4. The number of amides is 2. The van der Waals surface area contributed by atoms with Crippen LogP contribution in [0.2, 0.25) is 10.0 Å². The van der Waals surface area contributed by atoms with Gasteiger partial charge in [-0.05, 0) is 35.9 Å². The lowest BCUT2D eigenvalue weighted by Gasteiger charge is -2.04. The Kier molecular flexibility index (Phi) is 5.22. The predicted octanol–water partition coefficient (Wildman–Crippen LogP) is 4.74. The maximum atomic E-state index is 12.2. The lowest BCUT2D eigenvalue weighted by atomic mass is 10.1. The Morgan fingerprint density at radius 1 is 1.12 bits per heavy atom. The van der Waals surface area contributed by atoms with Crippen LogP contribution < -0.4 is 10.6 Å². The summed E-state index contributed by atoms with van der Waals surface area (Å²) in [6.45, 7) is 1.45. The predicted molar refractivity (Wildman–Crippen MR) is 103 cm³/mol. The van der Waals surface area contributed by atoms with Crippen LogP contribution in [0.3, 0.4) is 0 Å². The molecule has 0 fully saturated rings. The number of hydrogen-bond acceptors (Lipinski definition) is 4. The lowest BCUT2D eigenvalue weighted by molar-refractivity contribution is -0.116. The van der Waals surface area contributed by atoms with E-state index in [9.17, 15) is 9.59 Å². The molecule has 0 bridgehead atoms. The van der Waals surface area contributed by atoms with Crippen LogP contribution in [-0.4, -0.2) is 16.8 Å². The highest BCUT2D eigenvalue weighted by molar-refractivity contribution is 7.22. The number of carbonyl (C=O) groups is 2. The summed E-state index contributed by atoms with van der Waals surface area (Å²) in [6.07, 6.45) is 0.128. The maximum Gasteiger partial charge on any atom is 0.230 e. The highest BCUT2D eigenvalue weighted by Crippen LogP contribution is 2.29. The summed E-state index contributed by atoms with van der Waals surface area (Å²) in [6, 6.07) is 10.4. The molecule has 25 heavy (non-hydrogen) atoms. The van der Waals surface area contributed by atoms with Crippen molar-refractivity contribution in [3.05, 3.63) is 52.0 Å². The van der Waals surface area contributed by atoms with Crippen LogP contribution in [0, 0.1) is 0 Å². The number of fused-ring (bicyclic) bond motifs is 1. The first-order valence-corrected chi connectivity index (χ1v) is 8.90. The molecule has 2 N–H and O–H groups in total. The van der Waals surface area contributed by atoms with Gasteiger partial charge in [0.1, 0.15) is 0 Å². The Bertz CT molecular complexity index is 972. The molecule has 0 aliphatic carbocycles. The SMILES string of the molecule is CC(=O)Nc1ccc2nc(NC(=O)Cc3ccc(Cl)cc3Cl)sc2c1. The summed E-state index contributed by atoms with van der Waals surface area (Å²) in [5.41, 5.74) is 2.13. The van der Waals surface area contributed by atoms with Crippen LogP contribution >= 0.6 is 34.5 Å². The minimum absolute atomic E-state index is 0.128. The van der Waals surface area contributed by atoms with E-state index < -0.39 is 0 Å². The quantitative estimate of drug-likeness (QED) is 0.671. The molecule has 0 spiro atoms. The van der Waals surface area contributed by atoms with Gasteiger partial charge in [0.25, 0.3) is 0 Å². The number of rotatable bonds is 4. The standard InChI is InChI=1S/C17H13Cl2N3O2S/c1-9(23)20-12-4-5-14-15(8-12)25-17(21-14)22-16(24)6-10-2-3-11(18)7-13(10)19/h2-5,7-8H,6H2,1H3,(H,20,23)(H,21,22,24). The number of hydrogen-bond donors (Lipinski definition) is 2. The van der Waals surface area contributed by atoms with Crippen molar-refractivity contribution in [1.82, 2.24) is 4.98 Å². The van der Waals surface area contributed by atoms with Gasteiger partial charge < -0.3 is 10.6 Å². The molecule has 0 aliphatic heterocycles. The summed E-state index contributed by atoms with van der Waals surface area (Å²) in [7, 11) is 0. The normalized spacial score (nSPS) is 10.7. The number of thiazole rings is 1. The van der Waals surface area contributed by atoms with Crippen LogP contribution in [0.1, 0.15) is 12.5 Å². The number of halogens is 2. The molecular formula is C17H13Cl2N3O2S. The van der Waals surface area contributed by atoms with E-state index >= 15 is 0 Å². The number of carbonyl (C=O) groups excluding carboxylic acids is 2. The van der Waals surface area contributed by atoms with E-state index in [-0.39, 0.29) is 18.2 Å². The molecule has 1 aromatic heterocycles. The van der Waals surface area contributed by atoms with E-state index in [4.69, 9.17) is 23.2 Å². The Hall–Kier alpha value is -2.15. The van der Waals surface area contributed by atoms with Crippen LogP contribution in [0.5, 0.6) is 0 Å². The number of nitrogens with one attached hydrogen (secondary N) is 2. The molecule has 3 rings (SSSR count). The van der Waals surface area contributed by atoms with Gasteiger partial charge in [-0.25, -0.2) is 4.98 Å². The second kappa shape index (κ2) is 7.39. The monoisotopic (exact) mass is 393 g/mol. The average Bonchev–Trinajstić information content (AvgIpc) is 2.90. The van der Waals surface area contributed by atoms with Crippen molar-refractivity contribution in [2.45, 2.75) is 13.3 Å². The summed E-state index contributed by atoms with van der Waals surface area (Å²) in [5.74, 6) is -0.359. The third-order valence-electron chi connectivity index (χ3n) is 3.32. The molecule has 2 aromatic carbocycles. The van der Waals surface area contributed by atoms with Gasteiger partial charge in [0.05, 0.1) is 16.6 Å². The van der Waals surface area contributed by atoms with Crippen molar-refractivity contribution < 1.29 is 9.59 Å². The highest BCUT2D eigenvalue weighted by Gasteiger charge is 2.11. The van der Waals surface area contributed by atoms with Crippen molar-refractivity contribution >= 4 is 67.4 Å². The molecule has 2 amide bonds. The van der Waals surface area contributed by atoms with Crippen LogP contribution in [0.15, 0.2) is 36.4 Å². The molecular weight excluding hydrogens is 381 g/mol. The second-order valence-electron chi connectivity index (χ2n) is 5.34. The fourth-order valence-corrected chi connectivity index (χ4v) is 3.66. The smallest absolute Gasteiger partial charge is 0.230 e. The molecule has 0 radical (unpaired) electrons. The molecule has 0 aliphatic rings. The molecule has 5 nitrogen and oxygen atoms in total. The van der Waals surface area contributed by atoms with E-state index in [0.29, 0.717) is 26.4 Å². The van der Waals surface area contributed by atoms with Crippen LogP contribution in [0.25, 0.3) is 10.2 Å². The van der Waals surface area contributed by atoms with Gasteiger partial charge in [-0.2, -0.15) is 0 Å². The Morgan fingerprint density at radius 3 is 2.64 bits per heavy atom. The topological polar surface area (TPSA) is 71.1 Å². The largest absolute Gasteiger partial charge is 0.326 e. The van der Waals surface area contributed by atoms with Crippen LogP contribution in [0.4, 0.5) is 10.8 Å².